The maximum Gasteiger partial charge on any atom is 0.238 e. The molecule has 0 saturated heterocycles. The normalized spacial score (nSPS) is 11.0. The number of hydrogen-bond acceptors (Lipinski definition) is 3. The molecule has 0 radical (unpaired) electrons. The number of carbonyl (C=O) groups excluding carboxylic acids is 1. The Labute approximate surface area is 128 Å². The molecule has 4 heteroatoms. The average molecular weight is 292 g/mol. The Hall–Kier alpha value is -1.39. The zero-order valence-electron chi connectivity index (χ0n) is 13.7. The summed E-state index contributed by atoms with van der Waals surface area (Å²) in [5.74, 6) is -0.0189. The minimum absolute atomic E-state index is 0.0189. The van der Waals surface area contributed by atoms with Gasteiger partial charge in [0.1, 0.15) is 0 Å². The number of unbranched alkanes of at least 4 members (excludes halogenated alkanes) is 1. The number of hydrogen-bond donors (Lipinski definition) is 2. The average Bonchev–Trinajstić information content (AvgIpc) is 2.40. The van der Waals surface area contributed by atoms with Crippen molar-refractivity contribution in [1.82, 2.24) is 4.90 Å². The van der Waals surface area contributed by atoms with Crippen molar-refractivity contribution < 1.29 is 9.90 Å². The van der Waals surface area contributed by atoms with E-state index in [1.165, 1.54) is 5.56 Å². The fourth-order valence-corrected chi connectivity index (χ4v) is 2.55. The summed E-state index contributed by atoms with van der Waals surface area (Å²) in [6.45, 7) is 9.99. The molecule has 1 rings (SSSR count). The number of carbonyl (C=O) groups is 1. The third-order valence-electron chi connectivity index (χ3n) is 3.55. The Morgan fingerprint density at radius 2 is 1.81 bits per heavy atom. The lowest BCUT2D eigenvalue weighted by Crippen LogP contribution is -2.36. The van der Waals surface area contributed by atoms with E-state index in [0.717, 1.165) is 36.2 Å². The van der Waals surface area contributed by atoms with Crippen molar-refractivity contribution in [3.63, 3.8) is 0 Å². The molecule has 0 spiro atoms. The monoisotopic (exact) mass is 292 g/mol. The molecule has 118 valence electrons. The zero-order chi connectivity index (χ0) is 15.8. The van der Waals surface area contributed by atoms with Crippen LogP contribution < -0.4 is 5.32 Å². The summed E-state index contributed by atoms with van der Waals surface area (Å²) < 4.78 is 0. The van der Waals surface area contributed by atoms with E-state index in [9.17, 15) is 4.79 Å². The fraction of sp³-hybridized carbons (Fsp3) is 0.588. The number of nitrogens with zero attached hydrogens (tertiary/aromatic N) is 1. The second kappa shape index (κ2) is 8.80. The van der Waals surface area contributed by atoms with Gasteiger partial charge in [-0.2, -0.15) is 0 Å². The molecular formula is C17H28N2O2. The first kappa shape index (κ1) is 17.7. The highest BCUT2D eigenvalue weighted by molar-refractivity contribution is 5.93. The summed E-state index contributed by atoms with van der Waals surface area (Å²) in [5, 5.41) is 12.1. The quantitative estimate of drug-likeness (QED) is 0.774. The summed E-state index contributed by atoms with van der Waals surface area (Å²) in [7, 11) is 0. The Bertz CT molecular complexity index is 449. The van der Waals surface area contributed by atoms with Crippen LogP contribution in [0.4, 0.5) is 5.69 Å². The number of rotatable bonds is 8. The number of anilines is 1. The molecule has 0 unspecified atom stereocenters. The minimum atomic E-state index is -0.0189. The van der Waals surface area contributed by atoms with E-state index in [4.69, 9.17) is 5.11 Å². The topological polar surface area (TPSA) is 52.6 Å². The third-order valence-corrected chi connectivity index (χ3v) is 3.55. The first-order chi connectivity index (χ1) is 9.97. The lowest BCUT2D eigenvalue weighted by Gasteiger charge is -2.21. The number of nitrogens with one attached hydrogen (secondary N) is 1. The van der Waals surface area contributed by atoms with Crippen LogP contribution in [0.1, 0.15) is 36.5 Å². The van der Waals surface area contributed by atoms with Gasteiger partial charge < -0.3 is 10.4 Å². The van der Waals surface area contributed by atoms with Gasteiger partial charge in [-0.1, -0.05) is 31.0 Å². The van der Waals surface area contributed by atoms with Gasteiger partial charge in [-0.05, 0) is 44.9 Å². The highest BCUT2D eigenvalue weighted by atomic mass is 16.3. The Morgan fingerprint density at radius 3 is 2.33 bits per heavy atom. The zero-order valence-corrected chi connectivity index (χ0v) is 13.7. The van der Waals surface area contributed by atoms with E-state index < -0.39 is 0 Å². The Morgan fingerprint density at radius 1 is 1.19 bits per heavy atom. The van der Waals surface area contributed by atoms with Crippen molar-refractivity contribution in [1.29, 1.82) is 0 Å². The lowest BCUT2D eigenvalue weighted by molar-refractivity contribution is -0.117. The molecule has 0 aliphatic heterocycles. The molecule has 21 heavy (non-hydrogen) atoms. The second-order valence-electron chi connectivity index (χ2n) is 5.68. The Balaban J connectivity index is 2.67. The summed E-state index contributed by atoms with van der Waals surface area (Å²) in [4.78, 5) is 14.2. The van der Waals surface area contributed by atoms with Gasteiger partial charge in [0.2, 0.25) is 5.91 Å². The van der Waals surface area contributed by atoms with E-state index in [0.29, 0.717) is 13.1 Å². The molecule has 0 aromatic heterocycles. The number of aliphatic hydroxyl groups excluding tert-OH is 1. The predicted octanol–water partition coefficient (Wildman–Crippen LogP) is 2.64. The van der Waals surface area contributed by atoms with E-state index in [1.807, 2.05) is 18.7 Å². The molecule has 0 atom stereocenters. The summed E-state index contributed by atoms with van der Waals surface area (Å²) in [6.07, 6.45) is 2.12. The van der Waals surface area contributed by atoms with E-state index in [2.05, 4.69) is 31.3 Å². The van der Waals surface area contributed by atoms with Crippen LogP contribution in [-0.2, 0) is 4.79 Å². The number of benzene rings is 1. The van der Waals surface area contributed by atoms with E-state index >= 15 is 0 Å². The molecule has 0 saturated carbocycles. The molecule has 0 bridgehead atoms. The van der Waals surface area contributed by atoms with Gasteiger partial charge in [0.25, 0.3) is 0 Å². The Kier molecular flexibility index (Phi) is 7.40. The molecule has 2 N–H and O–H groups in total. The van der Waals surface area contributed by atoms with Crippen molar-refractivity contribution in [2.75, 3.05) is 31.6 Å². The second-order valence-corrected chi connectivity index (χ2v) is 5.68. The third kappa shape index (κ3) is 5.86. The van der Waals surface area contributed by atoms with Crippen molar-refractivity contribution >= 4 is 11.6 Å². The first-order valence-corrected chi connectivity index (χ1v) is 7.68. The van der Waals surface area contributed by atoms with Gasteiger partial charge in [0.15, 0.2) is 0 Å². The summed E-state index contributed by atoms with van der Waals surface area (Å²) >= 11 is 0. The summed E-state index contributed by atoms with van der Waals surface area (Å²) in [6, 6.07) is 4.15. The van der Waals surface area contributed by atoms with Crippen LogP contribution in [-0.4, -0.2) is 42.2 Å². The molecular weight excluding hydrogens is 264 g/mol. The maximum atomic E-state index is 12.2. The molecule has 1 aromatic carbocycles. The maximum absolute atomic E-state index is 12.2. The number of aliphatic hydroxyl groups is 1. The molecule has 4 nitrogen and oxygen atoms in total. The van der Waals surface area contributed by atoms with Gasteiger partial charge in [-0.25, -0.2) is 0 Å². The number of aryl methyl sites for hydroxylation is 3. The van der Waals surface area contributed by atoms with Gasteiger partial charge in [0, 0.05) is 12.2 Å². The van der Waals surface area contributed by atoms with Crippen LogP contribution in [0.3, 0.4) is 0 Å². The largest absolute Gasteiger partial charge is 0.395 e. The minimum Gasteiger partial charge on any atom is -0.395 e. The standard InChI is InChI=1S/C17H28N2O2/c1-5-6-7-19(8-9-20)12-16(21)18-17-14(3)10-13(2)11-15(17)4/h10-11,20H,5-9,12H2,1-4H3,(H,18,21). The van der Waals surface area contributed by atoms with Gasteiger partial charge in [-0.3, -0.25) is 9.69 Å². The van der Waals surface area contributed by atoms with Crippen LogP contribution in [0.2, 0.25) is 0 Å². The summed E-state index contributed by atoms with van der Waals surface area (Å²) in [5.41, 5.74) is 4.28. The van der Waals surface area contributed by atoms with Crippen LogP contribution in [0.25, 0.3) is 0 Å². The van der Waals surface area contributed by atoms with Crippen LogP contribution in [0.5, 0.6) is 0 Å². The van der Waals surface area contributed by atoms with Crippen molar-refractivity contribution in [3.8, 4) is 0 Å². The van der Waals surface area contributed by atoms with E-state index in [1.54, 1.807) is 0 Å². The van der Waals surface area contributed by atoms with Crippen LogP contribution in [0, 0.1) is 20.8 Å². The highest BCUT2D eigenvalue weighted by Crippen LogP contribution is 2.21. The van der Waals surface area contributed by atoms with Crippen molar-refractivity contribution in [3.05, 3.63) is 28.8 Å². The lowest BCUT2D eigenvalue weighted by atomic mass is 10.1. The predicted molar refractivity (Wildman–Crippen MR) is 87.7 cm³/mol. The van der Waals surface area contributed by atoms with Crippen molar-refractivity contribution in [2.24, 2.45) is 0 Å². The molecule has 1 amide bonds. The molecule has 0 fully saturated rings. The van der Waals surface area contributed by atoms with E-state index in [-0.39, 0.29) is 12.5 Å². The van der Waals surface area contributed by atoms with Crippen LogP contribution >= 0.6 is 0 Å². The smallest absolute Gasteiger partial charge is 0.238 e. The molecule has 0 aliphatic carbocycles. The van der Waals surface area contributed by atoms with Gasteiger partial charge >= 0.3 is 0 Å². The van der Waals surface area contributed by atoms with Crippen LogP contribution in [0.15, 0.2) is 12.1 Å². The number of amides is 1. The fourth-order valence-electron chi connectivity index (χ4n) is 2.55. The van der Waals surface area contributed by atoms with Crippen molar-refractivity contribution in [2.45, 2.75) is 40.5 Å². The SMILES string of the molecule is CCCCN(CCO)CC(=O)Nc1c(C)cc(C)cc1C. The molecule has 1 aromatic rings. The molecule has 0 heterocycles. The molecule has 0 aliphatic rings. The highest BCUT2D eigenvalue weighted by Gasteiger charge is 2.12. The van der Waals surface area contributed by atoms with Gasteiger partial charge in [-0.15, -0.1) is 0 Å². The van der Waals surface area contributed by atoms with Gasteiger partial charge in [0.05, 0.1) is 13.2 Å². The first-order valence-electron chi connectivity index (χ1n) is 7.68.